The standard InChI is InChI=1S/C32H25ClN4O3S/c33-26-11-5-7-13-28(26)36-30(38)20-41-24-16-14-23(15-17-24)35-32(40)29(37-31(39)21-8-2-1-3-9-21)18-22-19-34-27-12-6-4-10-25(22)27/h1-19,34H,20H2,(H,35,40)(H,36,38)(H,37,39). The van der Waals surface area contributed by atoms with Gasteiger partial charge in [0.05, 0.1) is 16.5 Å². The minimum absolute atomic E-state index is 0.0956. The molecular weight excluding hydrogens is 556 g/mol. The van der Waals surface area contributed by atoms with Gasteiger partial charge in [-0.3, -0.25) is 14.4 Å². The van der Waals surface area contributed by atoms with Gasteiger partial charge in [0.2, 0.25) is 5.91 Å². The van der Waals surface area contributed by atoms with Crippen molar-refractivity contribution < 1.29 is 14.4 Å². The van der Waals surface area contributed by atoms with Crippen molar-refractivity contribution in [3.8, 4) is 0 Å². The van der Waals surface area contributed by atoms with Crippen LogP contribution in [0.5, 0.6) is 0 Å². The van der Waals surface area contributed by atoms with E-state index in [1.54, 1.807) is 72.9 Å². The van der Waals surface area contributed by atoms with E-state index < -0.39 is 11.8 Å². The van der Waals surface area contributed by atoms with Gasteiger partial charge in [0.25, 0.3) is 11.8 Å². The van der Waals surface area contributed by atoms with E-state index in [1.165, 1.54) is 11.8 Å². The number of aromatic nitrogens is 1. The van der Waals surface area contributed by atoms with Crippen molar-refractivity contribution in [2.45, 2.75) is 4.90 Å². The average molecular weight is 581 g/mol. The average Bonchev–Trinajstić information content (AvgIpc) is 3.40. The summed E-state index contributed by atoms with van der Waals surface area (Å²) in [5.74, 6) is -0.852. The first-order chi connectivity index (χ1) is 20.0. The summed E-state index contributed by atoms with van der Waals surface area (Å²) in [6.45, 7) is 0. The molecule has 0 saturated carbocycles. The van der Waals surface area contributed by atoms with Crippen LogP contribution < -0.4 is 16.0 Å². The molecule has 7 nitrogen and oxygen atoms in total. The minimum Gasteiger partial charge on any atom is -0.361 e. The molecule has 3 amide bonds. The number of carbonyl (C=O) groups is 3. The summed E-state index contributed by atoms with van der Waals surface area (Å²) in [6, 6.07) is 30.6. The van der Waals surface area contributed by atoms with E-state index in [0.29, 0.717) is 22.0 Å². The Morgan fingerprint density at radius 3 is 2.29 bits per heavy atom. The Kier molecular flexibility index (Phi) is 8.83. The summed E-state index contributed by atoms with van der Waals surface area (Å²) in [5.41, 5.74) is 3.32. The van der Waals surface area contributed by atoms with Gasteiger partial charge < -0.3 is 20.9 Å². The zero-order chi connectivity index (χ0) is 28.6. The van der Waals surface area contributed by atoms with Gasteiger partial charge in [-0.1, -0.05) is 60.1 Å². The molecule has 0 fully saturated rings. The zero-order valence-electron chi connectivity index (χ0n) is 21.7. The molecule has 0 aliphatic carbocycles. The molecular formula is C32H25ClN4O3S. The molecule has 0 spiro atoms. The van der Waals surface area contributed by atoms with Crippen LogP contribution in [0.4, 0.5) is 11.4 Å². The van der Waals surface area contributed by atoms with Crippen molar-refractivity contribution in [3.05, 3.63) is 131 Å². The topological polar surface area (TPSA) is 103 Å². The highest BCUT2D eigenvalue weighted by molar-refractivity contribution is 8.00. The number of H-pyrrole nitrogens is 1. The van der Waals surface area contributed by atoms with Gasteiger partial charge in [0, 0.05) is 38.8 Å². The van der Waals surface area contributed by atoms with Crippen LogP contribution in [0.1, 0.15) is 15.9 Å². The molecule has 5 rings (SSSR count). The predicted octanol–water partition coefficient (Wildman–Crippen LogP) is 6.96. The fourth-order valence-electron chi connectivity index (χ4n) is 4.04. The monoisotopic (exact) mass is 580 g/mol. The van der Waals surface area contributed by atoms with Crippen LogP contribution in [0.2, 0.25) is 5.02 Å². The van der Waals surface area contributed by atoms with Crippen molar-refractivity contribution in [1.29, 1.82) is 0 Å². The molecule has 0 unspecified atom stereocenters. The van der Waals surface area contributed by atoms with Crippen molar-refractivity contribution >= 4 is 69.4 Å². The maximum atomic E-state index is 13.4. The lowest BCUT2D eigenvalue weighted by Crippen LogP contribution is -2.30. The Bertz CT molecular complexity index is 1730. The normalized spacial score (nSPS) is 11.2. The first-order valence-electron chi connectivity index (χ1n) is 12.7. The summed E-state index contributed by atoms with van der Waals surface area (Å²) in [7, 11) is 0. The summed E-state index contributed by atoms with van der Waals surface area (Å²) >= 11 is 7.46. The molecule has 0 atom stereocenters. The molecule has 1 aromatic heterocycles. The third-order valence-electron chi connectivity index (χ3n) is 6.08. The van der Waals surface area contributed by atoms with Gasteiger partial charge >= 0.3 is 0 Å². The molecule has 0 radical (unpaired) electrons. The lowest BCUT2D eigenvalue weighted by Gasteiger charge is -2.12. The van der Waals surface area contributed by atoms with Gasteiger partial charge in [0.1, 0.15) is 5.70 Å². The highest BCUT2D eigenvalue weighted by Crippen LogP contribution is 2.24. The fraction of sp³-hybridized carbons (Fsp3) is 0.0312. The molecule has 41 heavy (non-hydrogen) atoms. The molecule has 4 aromatic carbocycles. The fourth-order valence-corrected chi connectivity index (χ4v) is 4.92. The van der Waals surface area contributed by atoms with E-state index in [0.717, 1.165) is 21.4 Å². The number of rotatable bonds is 9. The number of hydrogen-bond acceptors (Lipinski definition) is 4. The first-order valence-corrected chi connectivity index (χ1v) is 14.1. The Morgan fingerprint density at radius 1 is 0.805 bits per heavy atom. The van der Waals surface area contributed by atoms with Crippen LogP contribution in [0.25, 0.3) is 17.0 Å². The molecule has 0 aliphatic rings. The van der Waals surface area contributed by atoms with E-state index in [1.807, 2.05) is 42.5 Å². The van der Waals surface area contributed by atoms with Crippen molar-refractivity contribution in [2.75, 3.05) is 16.4 Å². The summed E-state index contributed by atoms with van der Waals surface area (Å²) in [6.07, 6.45) is 3.44. The van der Waals surface area contributed by atoms with Crippen LogP contribution in [0.15, 0.2) is 120 Å². The highest BCUT2D eigenvalue weighted by Gasteiger charge is 2.16. The highest BCUT2D eigenvalue weighted by atomic mass is 35.5. The third kappa shape index (κ3) is 7.25. The number of aromatic amines is 1. The number of thioether (sulfide) groups is 1. The summed E-state index contributed by atoms with van der Waals surface area (Å²) in [4.78, 5) is 42.7. The molecule has 0 aliphatic heterocycles. The van der Waals surface area contributed by atoms with Gasteiger partial charge in [-0.05, 0) is 60.7 Å². The molecule has 0 bridgehead atoms. The SMILES string of the molecule is O=C(CSc1ccc(NC(=O)C(=Cc2c[nH]c3ccccc23)NC(=O)c2ccccc2)cc1)Nc1ccccc1Cl. The molecule has 204 valence electrons. The van der Waals surface area contributed by atoms with Gasteiger partial charge in [-0.25, -0.2) is 0 Å². The zero-order valence-corrected chi connectivity index (χ0v) is 23.3. The van der Waals surface area contributed by atoms with Crippen LogP contribution >= 0.6 is 23.4 Å². The van der Waals surface area contributed by atoms with Crippen molar-refractivity contribution in [1.82, 2.24) is 10.3 Å². The van der Waals surface area contributed by atoms with E-state index in [-0.39, 0.29) is 17.4 Å². The smallest absolute Gasteiger partial charge is 0.272 e. The van der Waals surface area contributed by atoms with E-state index >= 15 is 0 Å². The number of para-hydroxylation sites is 2. The van der Waals surface area contributed by atoms with E-state index in [4.69, 9.17) is 11.6 Å². The van der Waals surface area contributed by atoms with Crippen LogP contribution in [-0.2, 0) is 9.59 Å². The Morgan fingerprint density at radius 2 is 1.51 bits per heavy atom. The number of hydrogen-bond donors (Lipinski definition) is 4. The molecule has 9 heteroatoms. The summed E-state index contributed by atoms with van der Waals surface area (Å²) < 4.78 is 0. The van der Waals surface area contributed by atoms with Gasteiger partial charge in [-0.15, -0.1) is 11.8 Å². The Hall–Kier alpha value is -4.79. The predicted molar refractivity (Wildman–Crippen MR) is 166 cm³/mol. The lowest BCUT2D eigenvalue weighted by molar-refractivity contribution is -0.114. The maximum Gasteiger partial charge on any atom is 0.272 e. The van der Waals surface area contributed by atoms with Gasteiger partial charge in [-0.2, -0.15) is 0 Å². The second-order valence-electron chi connectivity index (χ2n) is 8.96. The maximum absolute atomic E-state index is 13.4. The number of carbonyl (C=O) groups excluding carboxylic acids is 3. The number of benzene rings is 4. The Labute approximate surface area is 246 Å². The van der Waals surface area contributed by atoms with Crippen molar-refractivity contribution in [3.63, 3.8) is 0 Å². The number of amides is 3. The second-order valence-corrected chi connectivity index (χ2v) is 10.4. The number of halogens is 1. The Balaban J connectivity index is 1.27. The first kappa shape index (κ1) is 27.8. The quantitative estimate of drug-likeness (QED) is 0.112. The molecule has 0 saturated heterocycles. The second kappa shape index (κ2) is 13.0. The minimum atomic E-state index is -0.473. The third-order valence-corrected chi connectivity index (χ3v) is 7.42. The number of fused-ring (bicyclic) bond motifs is 1. The molecule has 4 N–H and O–H groups in total. The lowest BCUT2D eigenvalue weighted by atomic mass is 10.1. The number of anilines is 2. The summed E-state index contributed by atoms with van der Waals surface area (Å²) in [5, 5.41) is 9.81. The van der Waals surface area contributed by atoms with E-state index in [2.05, 4.69) is 20.9 Å². The van der Waals surface area contributed by atoms with Crippen LogP contribution in [0.3, 0.4) is 0 Å². The largest absolute Gasteiger partial charge is 0.361 e. The van der Waals surface area contributed by atoms with Crippen LogP contribution in [-0.4, -0.2) is 28.5 Å². The number of nitrogens with one attached hydrogen (secondary N) is 4. The van der Waals surface area contributed by atoms with E-state index in [9.17, 15) is 14.4 Å². The molecule has 5 aromatic rings. The van der Waals surface area contributed by atoms with Crippen molar-refractivity contribution in [2.24, 2.45) is 0 Å². The van der Waals surface area contributed by atoms with Gasteiger partial charge in [0.15, 0.2) is 0 Å². The van der Waals surface area contributed by atoms with Crippen LogP contribution in [0, 0.1) is 0 Å². The molecule has 1 heterocycles.